The molecule has 0 amide bonds. The first-order valence-corrected chi connectivity index (χ1v) is 6.17. The second-order valence-corrected chi connectivity index (χ2v) is 4.29. The number of hydrogen-bond donors (Lipinski definition) is 1. The van der Waals surface area contributed by atoms with Crippen molar-refractivity contribution in [1.29, 1.82) is 0 Å². The van der Waals surface area contributed by atoms with Gasteiger partial charge in [0.15, 0.2) is 0 Å². The van der Waals surface area contributed by atoms with Crippen LogP contribution in [0.25, 0.3) is 0 Å². The molecule has 1 aromatic heterocycles. The van der Waals surface area contributed by atoms with Crippen molar-refractivity contribution in [3.63, 3.8) is 0 Å². The number of benzene rings is 1. The molecule has 16 heavy (non-hydrogen) atoms. The van der Waals surface area contributed by atoms with Gasteiger partial charge < -0.3 is 5.11 Å². The van der Waals surface area contributed by atoms with E-state index in [2.05, 4.69) is 40.8 Å². The van der Waals surface area contributed by atoms with E-state index in [-0.39, 0.29) is 6.61 Å². The Hall–Kier alpha value is -1.33. The maximum Gasteiger partial charge on any atom is 0.108 e. The highest BCUT2D eigenvalue weighted by atomic mass is 32.2. The van der Waals surface area contributed by atoms with E-state index < -0.39 is 0 Å². The number of aliphatic hydroxyl groups is 1. The van der Waals surface area contributed by atoms with Crippen molar-refractivity contribution in [3.05, 3.63) is 41.7 Å². The Morgan fingerprint density at radius 2 is 2.06 bits per heavy atom. The first kappa shape index (κ1) is 11.2. The van der Waals surface area contributed by atoms with Gasteiger partial charge in [-0.2, -0.15) is 0 Å². The van der Waals surface area contributed by atoms with Crippen molar-refractivity contribution >= 4 is 11.8 Å². The van der Waals surface area contributed by atoms with Gasteiger partial charge in [-0.1, -0.05) is 17.3 Å². The van der Waals surface area contributed by atoms with Crippen LogP contribution in [-0.2, 0) is 13.2 Å². The molecule has 1 N–H and O–H groups in total. The summed E-state index contributed by atoms with van der Waals surface area (Å²) in [4.78, 5) is 1.25. The smallest absolute Gasteiger partial charge is 0.108 e. The number of nitrogens with zero attached hydrogens (tertiary/aromatic N) is 3. The molecule has 1 heterocycles. The standard InChI is InChI=1S/C11H13N3OS/c1-16-11-4-2-9(3-5-11)6-14-7-10(8-15)12-13-14/h2-5,7,15H,6,8H2,1H3. The average Bonchev–Trinajstić information content (AvgIpc) is 2.78. The van der Waals surface area contributed by atoms with Gasteiger partial charge in [-0.05, 0) is 24.0 Å². The topological polar surface area (TPSA) is 50.9 Å². The van der Waals surface area contributed by atoms with Crippen LogP contribution in [0.1, 0.15) is 11.3 Å². The number of hydrogen-bond acceptors (Lipinski definition) is 4. The summed E-state index contributed by atoms with van der Waals surface area (Å²) < 4.78 is 1.72. The summed E-state index contributed by atoms with van der Waals surface area (Å²) in [5, 5.41) is 16.6. The lowest BCUT2D eigenvalue weighted by atomic mass is 10.2. The molecular weight excluding hydrogens is 222 g/mol. The minimum absolute atomic E-state index is 0.0641. The molecule has 2 aromatic rings. The summed E-state index contributed by atoms with van der Waals surface area (Å²) in [5.74, 6) is 0. The minimum atomic E-state index is -0.0641. The van der Waals surface area contributed by atoms with Crippen LogP contribution >= 0.6 is 11.8 Å². The summed E-state index contributed by atoms with van der Waals surface area (Å²) in [6, 6.07) is 8.33. The molecule has 1 aromatic carbocycles. The lowest BCUT2D eigenvalue weighted by Crippen LogP contribution is -2.00. The van der Waals surface area contributed by atoms with Crippen molar-refractivity contribution in [1.82, 2.24) is 15.0 Å². The van der Waals surface area contributed by atoms with E-state index in [1.807, 2.05) is 0 Å². The first-order valence-electron chi connectivity index (χ1n) is 4.94. The molecule has 0 unspecified atom stereocenters. The Kier molecular flexibility index (Phi) is 3.58. The monoisotopic (exact) mass is 235 g/mol. The molecule has 84 valence electrons. The van der Waals surface area contributed by atoms with Crippen LogP contribution in [0.15, 0.2) is 35.4 Å². The van der Waals surface area contributed by atoms with E-state index in [1.54, 1.807) is 22.6 Å². The fourth-order valence-electron chi connectivity index (χ4n) is 1.41. The third-order valence-corrected chi connectivity index (χ3v) is 3.00. The van der Waals surface area contributed by atoms with Crippen LogP contribution in [-0.4, -0.2) is 26.4 Å². The zero-order valence-electron chi connectivity index (χ0n) is 9.00. The molecule has 2 rings (SSSR count). The molecule has 0 aliphatic carbocycles. The van der Waals surface area contributed by atoms with Crippen molar-refractivity contribution < 1.29 is 5.11 Å². The molecule has 0 aliphatic heterocycles. The lowest BCUT2D eigenvalue weighted by molar-refractivity contribution is 0.276. The van der Waals surface area contributed by atoms with Gasteiger partial charge in [0.25, 0.3) is 0 Å². The maximum absolute atomic E-state index is 8.87. The second-order valence-electron chi connectivity index (χ2n) is 3.41. The predicted molar refractivity (Wildman–Crippen MR) is 63.3 cm³/mol. The van der Waals surface area contributed by atoms with E-state index in [0.29, 0.717) is 12.2 Å². The van der Waals surface area contributed by atoms with Crippen molar-refractivity contribution in [2.45, 2.75) is 18.0 Å². The second kappa shape index (κ2) is 5.14. The van der Waals surface area contributed by atoms with E-state index in [0.717, 1.165) is 0 Å². The van der Waals surface area contributed by atoms with Crippen LogP contribution in [0.5, 0.6) is 0 Å². The minimum Gasteiger partial charge on any atom is -0.390 e. The van der Waals surface area contributed by atoms with E-state index in [9.17, 15) is 0 Å². The first-order chi connectivity index (χ1) is 7.81. The number of aliphatic hydroxyl groups excluding tert-OH is 1. The molecular formula is C11H13N3OS. The highest BCUT2D eigenvalue weighted by Crippen LogP contribution is 2.15. The Balaban J connectivity index is 2.08. The van der Waals surface area contributed by atoms with Crippen molar-refractivity contribution in [2.75, 3.05) is 6.26 Å². The fraction of sp³-hybridized carbons (Fsp3) is 0.273. The molecule has 0 spiro atoms. The number of thioether (sulfide) groups is 1. The Morgan fingerprint density at radius 3 is 2.62 bits per heavy atom. The zero-order chi connectivity index (χ0) is 11.4. The van der Waals surface area contributed by atoms with Crippen LogP contribution < -0.4 is 0 Å². The normalized spacial score (nSPS) is 10.6. The highest BCUT2D eigenvalue weighted by molar-refractivity contribution is 7.98. The summed E-state index contributed by atoms with van der Waals surface area (Å²) in [6.07, 6.45) is 3.81. The Bertz CT molecular complexity index is 453. The molecule has 5 heteroatoms. The quantitative estimate of drug-likeness (QED) is 0.817. The van der Waals surface area contributed by atoms with Gasteiger partial charge in [0.1, 0.15) is 5.69 Å². The molecule has 0 aliphatic rings. The van der Waals surface area contributed by atoms with Gasteiger partial charge in [-0.15, -0.1) is 16.9 Å². The van der Waals surface area contributed by atoms with E-state index >= 15 is 0 Å². The Labute approximate surface area is 98.3 Å². The SMILES string of the molecule is CSc1ccc(Cn2cc(CO)nn2)cc1. The summed E-state index contributed by atoms with van der Waals surface area (Å²) in [7, 11) is 0. The highest BCUT2D eigenvalue weighted by Gasteiger charge is 2.00. The van der Waals surface area contributed by atoms with Crippen LogP contribution in [0.4, 0.5) is 0 Å². The molecule has 4 nitrogen and oxygen atoms in total. The third-order valence-electron chi connectivity index (χ3n) is 2.25. The maximum atomic E-state index is 8.87. The van der Waals surface area contributed by atoms with Crippen molar-refractivity contribution in [2.24, 2.45) is 0 Å². The number of aromatic nitrogens is 3. The van der Waals surface area contributed by atoms with Crippen LogP contribution in [0.2, 0.25) is 0 Å². The number of rotatable bonds is 4. The van der Waals surface area contributed by atoms with Gasteiger partial charge in [0.2, 0.25) is 0 Å². The molecule has 0 saturated heterocycles. The van der Waals surface area contributed by atoms with Crippen molar-refractivity contribution in [3.8, 4) is 0 Å². The Morgan fingerprint density at radius 1 is 1.31 bits per heavy atom. The van der Waals surface area contributed by atoms with Gasteiger partial charge in [0.05, 0.1) is 19.3 Å². The molecule has 0 fully saturated rings. The summed E-state index contributed by atoms with van der Waals surface area (Å²) >= 11 is 1.72. The zero-order valence-corrected chi connectivity index (χ0v) is 9.81. The molecule has 0 atom stereocenters. The largest absolute Gasteiger partial charge is 0.390 e. The average molecular weight is 235 g/mol. The van der Waals surface area contributed by atoms with Gasteiger partial charge in [-0.25, -0.2) is 4.68 Å². The van der Waals surface area contributed by atoms with Gasteiger partial charge >= 0.3 is 0 Å². The summed E-state index contributed by atoms with van der Waals surface area (Å²) in [6.45, 7) is 0.618. The van der Waals surface area contributed by atoms with E-state index in [4.69, 9.17) is 5.11 Å². The van der Waals surface area contributed by atoms with Gasteiger partial charge in [0, 0.05) is 4.90 Å². The predicted octanol–water partition coefficient (Wildman–Crippen LogP) is 1.54. The third kappa shape index (κ3) is 2.62. The lowest BCUT2D eigenvalue weighted by Gasteiger charge is -2.01. The van der Waals surface area contributed by atoms with Crippen LogP contribution in [0.3, 0.4) is 0 Å². The van der Waals surface area contributed by atoms with Gasteiger partial charge in [-0.3, -0.25) is 0 Å². The summed E-state index contributed by atoms with van der Waals surface area (Å²) in [5.41, 5.74) is 1.77. The fourth-order valence-corrected chi connectivity index (χ4v) is 1.81. The van der Waals surface area contributed by atoms with E-state index in [1.165, 1.54) is 10.5 Å². The molecule has 0 saturated carbocycles. The van der Waals surface area contributed by atoms with Crippen LogP contribution in [0, 0.1) is 0 Å². The molecule has 0 bridgehead atoms. The molecule has 0 radical (unpaired) electrons.